The Labute approximate surface area is 116 Å². The van der Waals surface area contributed by atoms with E-state index in [4.69, 9.17) is 5.53 Å². The summed E-state index contributed by atoms with van der Waals surface area (Å²) >= 11 is 6.64. The summed E-state index contributed by atoms with van der Waals surface area (Å²) < 4.78 is 1.57. The average molecular weight is 364 g/mol. The Morgan fingerprint density at radius 2 is 2.18 bits per heavy atom. The van der Waals surface area contributed by atoms with Crippen molar-refractivity contribution < 1.29 is 5.11 Å². The van der Waals surface area contributed by atoms with Gasteiger partial charge in [0.2, 0.25) is 0 Å². The third-order valence-electron chi connectivity index (χ3n) is 2.10. The first-order valence-electron chi connectivity index (χ1n) is 5.03. The van der Waals surface area contributed by atoms with Gasteiger partial charge in [-0.3, -0.25) is 0 Å². The Morgan fingerprint density at radius 1 is 1.41 bits per heavy atom. The van der Waals surface area contributed by atoms with Crippen LogP contribution in [0.4, 0.5) is 0 Å². The SMILES string of the molecule is [N-]=[N+]=NCCCNCc1cc(Br)cc(Br)c1O. The largest absolute Gasteiger partial charge is 0.506 e. The summed E-state index contributed by atoms with van der Waals surface area (Å²) in [5.41, 5.74) is 8.91. The summed E-state index contributed by atoms with van der Waals surface area (Å²) in [6.07, 6.45) is 0.778. The third kappa shape index (κ3) is 4.95. The van der Waals surface area contributed by atoms with Crippen molar-refractivity contribution in [2.75, 3.05) is 13.1 Å². The molecule has 17 heavy (non-hydrogen) atoms. The number of hydrogen-bond donors (Lipinski definition) is 2. The van der Waals surface area contributed by atoms with Gasteiger partial charge in [-0.1, -0.05) is 21.0 Å². The molecule has 0 radical (unpaired) electrons. The predicted octanol–water partition coefficient (Wildman–Crippen LogP) is 3.71. The van der Waals surface area contributed by atoms with Crippen molar-refractivity contribution in [2.45, 2.75) is 13.0 Å². The second-order valence-electron chi connectivity index (χ2n) is 3.38. The number of azide groups is 1. The first kappa shape index (κ1) is 14.3. The number of nitrogens with zero attached hydrogens (tertiary/aromatic N) is 3. The van der Waals surface area contributed by atoms with Crippen LogP contribution in [0.15, 0.2) is 26.2 Å². The Bertz CT molecular complexity index is 433. The molecule has 5 nitrogen and oxygen atoms in total. The Morgan fingerprint density at radius 3 is 2.88 bits per heavy atom. The van der Waals surface area contributed by atoms with Crippen molar-refractivity contribution in [1.29, 1.82) is 0 Å². The number of phenolic OH excluding ortho intramolecular Hbond substituents is 1. The van der Waals surface area contributed by atoms with Crippen LogP contribution in [-0.4, -0.2) is 18.2 Å². The van der Waals surface area contributed by atoms with Gasteiger partial charge in [0.25, 0.3) is 0 Å². The molecule has 1 aromatic rings. The van der Waals surface area contributed by atoms with Crippen molar-refractivity contribution in [2.24, 2.45) is 5.11 Å². The van der Waals surface area contributed by atoms with Crippen LogP contribution in [0.2, 0.25) is 0 Å². The molecule has 0 amide bonds. The molecule has 0 heterocycles. The highest BCUT2D eigenvalue weighted by Crippen LogP contribution is 2.31. The standard InChI is InChI=1S/C10H12Br2N4O/c11-8-4-7(10(17)9(12)5-8)6-14-2-1-3-15-16-13/h4-5,14,17H,1-3,6H2. The fraction of sp³-hybridized carbons (Fsp3) is 0.400. The van der Waals surface area contributed by atoms with E-state index in [-0.39, 0.29) is 5.75 Å². The molecular formula is C10H12Br2N4O. The van der Waals surface area contributed by atoms with Crippen LogP contribution in [0.3, 0.4) is 0 Å². The Balaban J connectivity index is 2.44. The average Bonchev–Trinajstić information content (AvgIpc) is 2.29. The fourth-order valence-electron chi connectivity index (χ4n) is 1.30. The van der Waals surface area contributed by atoms with Gasteiger partial charge in [-0.25, -0.2) is 0 Å². The first-order chi connectivity index (χ1) is 8.15. The summed E-state index contributed by atoms with van der Waals surface area (Å²) in [6, 6.07) is 3.65. The minimum absolute atomic E-state index is 0.246. The van der Waals surface area contributed by atoms with Gasteiger partial charge < -0.3 is 10.4 Å². The topological polar surface area (TPSA) is 81.0 Å². The van der Waals surface area contributed by atoms with Gasteiger partial charge in [0.1, 0.15) is 5.75 Å². The molecular weight excluding hydrogens is 352 g/mol. The van der Waals surface area contributed by atoms with E-state index in [0.29, 0.717) is 17.6 Å². The van der Waals surface area contributed by atoms with Crippen LogP contribution in [0, 0.1) is 0 Å². The minimum Gasteiger partial charge on any atom is -0.506 e. The molecule has 1 rings (SSSR count). The number of benzene rings is 1. The Hall–Kier alpha value is -0.750. The lowest BCUT2D eigenvalue weighted by atomic mass is 10.2. The van der Waals surface area contributed by atoms with E-state index < -0.39 is 0 Å². The molecule has 0 aliphatic rings. The molecule has 0 fully saturated rings. The monoisotopic (exact) mass is 362 g/mol. The molecule has 92 valence electrons. The molecule has 0 atom stereocenters. The highest BCUT2D eigenvalue weighted by Gasteiger charge is 2.06. The minimum atomic E-state index is 0.246. The van der Waals surface area contributed by atoms with Gasteiger partial charge in [0.15, 0.2) is 0 Å². The molecule has 2 N–H and O–H groups in total. The summed E-state index contributed by atoms with van der Waals surface area (Å²) in [6.45, 7) is 1.79. The van der Waals surface area contributed by atoms with Gasteiger partial charge in [-0.15, -0.1) is 0 Å². The van der Waals surface area contributed by atoms with Crippen molar-refractivity contribution >= 4 is 31.9 Å². The van der Waals surface area contributed by atoms with Gasteiger partial charge >= 0.3 is 0 Å². The van der Waals surface area contributed by atoms with Gasteiger partial charge in [0.05, 0.1) is 4.47 Å². The van der Waals surface area contributed by atoms with E-state index in [2.05, 4.69) is 47.2 Å². The van der Waals surface area contributed by atoms with Crippen LogP contribution in [0.25, 0.3) is 10.4 Å². The number of phenols is 1. The molecule has 0 aliphatic carbocycles. The van der Waals surface area contributed by atoms with E-state index >= 15 is 0 Å². The lowest BCUT2D eigenvalue weighted by molar-refractivity contribution is 0.460. The molecule has 0 unspecified atom stereocenters. The van der Waals surface area contributed by atoms with Crippen molar-refractivity contribution in [3.63, 3.8) is 0 Å². The van der Waals surface area contributed by atoms with Gasteiger partial charge in [-0.2, -0.15) is 0 Å². The van der Waals surface area contributed by atoms with Crippen molar-refractivity contribution in [1.82, 2.24) is 5.32 Å². The van der Waals surface area contributed by atoms with Crippen molar-refractivity contribution in [3.8, 4) is 5.75 Å². The molecule has 0 bridgehead atoms. The van der Waals surface area contributed by atoms with E-state index in [1.54, 1.807) is 6.07 Å². The highest BCUT2D eigenvalue weighted by molar-refractivity contribution is 9.11. The smallest absolute Gasteiger partial charge is 0.134 e. The van der Waals surface area contributed by atoms with Crippen LogP contribution in [0.1, 0.15) is 12.0 Å². The number of hydrogen-bond acceptors (Lipinski definition) is 3. The van der Waals surface area contributed by atoms with Crippen LogP contribution in [-0.2, 0) is 6.54 Å². The summed E-state index contributed by atoms with van der Waals surface area (Å²) in [4.78, 5) is 2.67. The molecule has 0 aliphatic heterocycles. The van der Waals surface area contributed by atoms with Crippen LogP contribution < -0.4 is 5.32 Å². The number of nitrogens with one attached hydrogen (secondary N) is 1. The maximum absolute atomic E-state index is 9.79. The first-order valence-corrected chi connectivity index (χ1v) is 6.62. The second-order valence-corrected chi connectivity index (χ2v) is 5.15. The lowest BCUT2D eigenvalue weighted by Crippen LogP contribution is -2.15. The van der Waals surface area contributed by atoms with E-state index in [0.717, 1.165) is 23.0 Å². The molecule has 0 saturated heterocycles. The molecule has 0 aromatic heterocycles. The van der Waals surface area contributed by atoms with Crippen LogP contribution in [0.5, 0.6) is 5.75 Å². The highest BCUT2D eigenvalue weighted by atomic mass is 79.9. The quantitative estimate of drug-likeness (QED) is 0.349. The van der Waals surface area contributed by atoms with Gasteiger partial charge in [0, 0.05) is 28.0 Å². The van der Waals surface area contributed by atoms with Gasteiger partial charge in [-0.05, 0) is 46.6 Å². The summed E-state index contributed by atoms with van der Waals surface area (Å²) in [5, 5.41) is 16.4. The fourth-order valence-corrected chi connectivity index (χ4v) is 2.61. The van der Waals surface area contributed by atoms with E-state index in [1.807, 2.05) is 6.07 Å². The maximum Gasteiger partial charge on any atom is 0.134 e. The maximum atomic E-state index is 9.79. The number of halogens is 2. The third-order valence-corrected chi connectivity index (χ3v) is 3.16. The zero-order valence-corrected chi connectivity index (χ0v) is 12.2. The number of aromatic hydroxyl groups is 1. The predicted molar refractivity (Wildman–Crippen MR) is 73.8 cm³/mol. The molecule has 0 saturated carbocycles. The summed E-state index contributed by atoms with van der Waals surface area (Å²) in [5.74, 6) is 0.246. The van der Waals surface area contributed by atoms with Crippen LogP contribution >= 0.6 is 31.9 Å². The molecule has 0 spiro atoms. The van der Waals surface area contributed by atoms with Crippen molar-refractivity contribution in [3.05, 3.63) is 37.1 Å². The normalized spacial score (nSPS) is 10.0. The Kier molecular flexibility index (Phi) is 6.36. The molecule has 1 aromatic carbocycles. The number of rotatable bonds is 6. The summed E-state index contributed by atoms with van der Waals surface area (Å²) in [7, 11) is 0. The second kappa shape index (κ2) is 7.55. The zero-order valence-electron chi connectivity index (χ0n) is 9.03. The lowest BCUT2D eigenvalue weighted by Gasteiger charge is -2.08. The van der Waals surface area contributed by atoms with E-state index in [9.17, 15) is 5.11 Å². The van der Waals surface area contributed by atoms with E-state index in [1.165, 1.54) is 0 Å². The molecule has 7 heteroatoms. The zero-order chi connectivity index (χ0) is 12.7.